The van der Waals surface area contributed by atoms with Crippen LogP contribution in [0.5, 0.6) is 5.75 Å². The molecule has 0 aliphatic heterocycles. The normalized spacial score (nSPS) is 12.0. The molecule has 2 rings (SSSR count). The van der Waals surface area contributed by atoms with E-state index in [0.717, 1.165) is 16.5 Å². The summed E-state index contributed by atoms with van der Waals surface area (Å²) in [7, 11) is 0. The van der Waals surface area contributed by atoms with Gasteiger partial charge >= 0.3 is 0 Å². The van der Waals surface area contributed by atoms with Crippen LogP contribution in [0.3, 0.4) is 0 Å². The third-order valence-corrected chi connectivity index (χ3v) is 2.24. The van der Waals surface area contributed by atoms with Crippen LogP contribution in [-0.4, -0.2) is 6.10 Å². The molecular weight excluding hydrogens is 186 g/mol. The van der Waals surface area contributed by atoms with Crippen molar-refractivity contribution in [1.82, 2.24) is 0 Å². The van der Waals surface area contributed by atoms with Crippen molar-refractivity contribution in [3.05, 3.63) is 42.5 Å². The summed E-state index contributed by atoms with van der Waals surface area (Å²) in [5, 5.41) is 10.9. The summed E-state index contributed by atoms with van der Waals surface area (Å²) < 4.78 is 5.52. The third-order valence-electron chi connectivity index (χ3n) is 2.24. The molecule has 0 N–H and O–H groups in total. The average Bonchev–Trinajstić information content (AvgIpc) is 2.29. The Morgan fingerprint density at radius 2 is 1.87 bits per heavy atom. The number of hydrogen-bond acceptors (Lipinski definition) is 2. The molecule has 2 heteroatoms. The lowest BCUT2D eigenvalue weighted by atomic mass is 10.1. The van der Waals surface area contributed by atoms with Gasteiger partial charge in [0.1, 0.15) is 11.8 Å². The van der Waals surface area contributed by atoms with Crippen molar-refractivity contribution < 1.29 is 4.74 Å². The number of benzene rings is 2. The molecule has 2 aromatic carbocycles. The fourth-order valence-corrected chi connectivity index (χ4v) is 1.52. The quantitative estimate of drug-likeness (QED) is 0.741. The van der Waals surface area contributed by atoms with E-state index in [-0.39, 0.29) is 0 Å². The summed E-state index contributed by atoms with van der Waals surface area (Å²) in [6, 6.07) is 15.9. The van der Waals surface area contributed by atoms with Gasteiger partial charge in [-0.3, -0.25) is 0 Å². The van der Waals surface area contributed by atoms with Crippen molar-refractivity contribution in [1.29, 1.82) is 5.26 Å². The SMILES string of the molecule is CC(C#N)Oc1cccc2ccccc12. The van der Waals surface area contributed by atoms with Crippen molar-refractivity contribution in [2.45, 2.75) is 13.0 Å². The Kier molecular flexibility index (Phi) is 2.55. The molecule has 0 fully saturated rings. The molecule has 15 heavy (non-hydrogen) atoms. The van der Waals surface area contributed by atoms with Gasteiger partial charge in [-0.25, -0.2) is 0 Å². The van der Waals surface area contributed by atoms with Crippen molar-refractivity contribution >= 4 is 10.8 Å². The molecule has 74 valence electrons. The first-order chi connectivity index (χ1) is 7.31. The highest BCUT2D eigenvalue weighted by molar-refractivity contribution is 5.88. The lowest BCUT2D eigenvalue weighted by Gasteiger charge is -2.10. The molecule has 0 saturated heterocycles. The maximum absolute atomic E-state index is 8.69. The van der Waals surface area contributed by atoms with Crippen LogP contribution >= 0.6 is 0 Å². The fourth-order valence-electron chi connectivity index (χ4n) is 1.52. The predicted octanol–water partition coefficient (Wildman–Crippen LogP) is 3.13. The number of nitriles is 1. The van der Waals surface area contributed by atoms with E-state index in [4.69, 9.17) is 10.00 Å². The van der Waals surface area contributed by atoms with Crippen LogP contribution in [-0.2, 0) is 0 Å². The second-order valence-electron chi connectivity index (χ2n) is 3.37. The summed E-state index contributed by atoms with van der Waals surface area (Å²) in [6.45, 7) is 1.74. The van der Waals surface area contributed by atoms with Crippen molar-refractivity contribution in [3.63, 3.8) is 0 Å². The zero-order valence-electron chi connectivity index (χ0n) is 8.47. The molecule has 0 aliphatic rings. The van der Waals surface area contributed by atoms with Crippen molar-refractivity contribution in [2.75, 3.05) is 0 Å². The smallest absolute Gasteiger partial charge is 0.181 e. The summed E-state index contributed by atoms with van der Waals surface area (Å²) in [4.78, 5) is 0. The Morgan fingerprint density at radius 3 is 2.67 bits per heavy atom. The summed E-state index contributed by atoms with van der Waals surface area (Å²) in [6.07, 6.45) is -0.421. The van der Waals surface area contributed by atoms with E-state index >= 15 is 0 Å². The zero-order valence-corrected chi connectivity index (χ0v) is 8.47. The first-order valence-electron chi connectivity index (χ1n) is 4.85. The molecule has 0 amide bonds. The molecule has 0 saturated carbocycles. The standard InChI is InChI=1S/C13H11NO/c1-10(9-14)15-13-8-4-6-11-5-2-3-7-12(11)13/h2-8,10H,1H3. The maximum atomic E-state index is 8.69. The van der Waals surface area contributed by atoms with Crippen LogP contribution < -0.4 is 4.74 Å². The van der Waals surface area contributed by atoms with Gasteiger partial charge in [0.15, 0.2) is 6.10 Å². The number of ether oxygens (including phenoxy) is 1. The van der Waals surface area contributed by atoms with Crippen LogP contribution in [0.1, 0.15) is 6.92 Å². The van der Waals surface area contributed by atoms with Gasteiger partial charge in [-0.15, -0.1) is 0 Å². The minimum Gasteiger partial charge on any atom is -0.475 e. The minimum atomic E-state index is -0.421. The molecule has 0 bridgehead atoms. The van der Waals surface area contributed by atoms with E-state index in [1.54, 1.807) is 6.92 Å². The van der Waals surface area contributed by atoms with E-state index in [1.165, 1.54) is 0 Å². The number of nitrogens with zero attached hydrogens (tertiary/aromatic N) is 1. The van der Waals surface area contributed by atoms with E-state index in [1.807, 2.05) is 42.5 Å². The topological polar surface area (TPSA) is 33.0 Å². The van der Waals surface area contributed by atoms with Crippen LogP contribution in [0.2, 0.25) is 0 Å². The van der Waals surface area contributed by atoms with Crippen LogP contribution in [0.4, 0.5) is 0 Å². The van der Waals surface area contributed by atoms with Gasteiger partial charge in [0.2, 0.25) is 0 Å². The Labute approximate surface area is 88.7 Å². The highest BCUT2D eigenvalue weighted by atomic mass is 16.5. The van der Waals surface area contributed by atoms with Gasteiger partial charge in [0.25, 0.3) is 0 Å². The van der Waals surface area contributed by atoms with Crippen molar-refractivity contribution in [2.24, 2.45) is 0 Å². The van der Waals surface area contributed by atoms with Crippen LogP contribution in [0.15, 0.2) is 42.5 Å². The highest BCUT2D eigenvalue weighted by Gasteiger charge is 2.04. The number of fused-ring (bicyclic) bond motifs is 1. The van der Waals surface area contributed by atoms with E-state index in [9.17, 15) is 0 Å². The lowest BCUT2D eigenvalue weighted by molar-refractivity contribution is 0.280. The maximum Gasteiger partial charge on any atom is 0.181 e. The molecular formula is C13H11NO. The molecule has 0 aliphatic carbocycles. The number of rotatable bonds is 2. The third kappa shape index (κ3) is 1.92. The second-order valence-corrected chi connectivity index (χ2v) is 3.37. The van der Waals surface area contributed by atoms with Crippen LogP contribution in [0, 0.1) is 11.3 Å². The predicted molar refractivity (Wildman–Crippen MR) is 59.7 cm³/mol. The molecule has 0 radical (unpaired) electrons. The molecule has 0 spiro atoms. The largest absolute Gasteiger partial charge is 0.475 e. The first kappa shape index (κ1) is 9.54. The number of hydrogen-bond donors (Lipinski definition) is 0. The van der Waals surface area contributed by atoms with E-state index in [2.05, 4.69) is 6.07 Å². The summed E-state index contributed by atoms with van der Waals surface area (Å²) in [5.41, 5.74) is 0. The Bertz CT molecular complexity index is 508. The molecule has 0 heterocycles. The average molecular weight is 197 g/mol. The molecule has 2 aromatic rings. The van der Waals surface area contributed by atoms with Gasteiger partial charge in [-0.05, 0) is 18.4 Å². The zero-order chi connectivity index (χ0) is 10.7. The van der Waals surface area contributed by atoms with Gasteiger partial charge in [0.05, 0.1) is 0 Å². The highest BCUT2D eigenvalue weighted by Crippen LogP contribution is 2.25. The van der Waals surface area contributed by atoms with Gasteiger partial charge in [0, 0.05) is 5.39 Å². The van der Waals surface area contributed by atoms with Crippen LogP contribution in [0.25, 0.3) is 10.8 Å². The minimum absolute atomic E-state index is 0.421. The Hall–Kier alpha value is -2.01. The molecule has 1 unspecified atom stereocenters. The van der Waals surface area contributed by atoms with Gasteiger partial charge in [-0.2, -0.15) is 5.26 Å². The summed E-state index contributed by atoms with van der Waals surface area (Å²) >= 11 is 0. The lowest BCUT2D eigenvalue weighted by Crippen LogP contribution is -2.08. The van der Waals surface area contributed by atoms with Crippen molar-refractivity contribution in [3.8, 4) is 11.8 Å². The van der Waals surface area contributed by atoms with E-state index < -0.39 is 6.10 Å². The Balaban J connectivity index is 2.48. The second kappa shape index (κ2) is 4.02. The monoisotopic (exact) mass is 197 g/mol. The Morgan fingerprint density at radius 1 is 1.13 bits per heavy atom. The molecule has 2 nitrogen and oxygen atoms in total. The fraction of sp³-hybridized carbons (Fsp3) is 0.154. The van der Waals surface area contributed by atoms with Gasteiger partial charge < -0.3 is 4.74 Å². The molecule has 1 atom stereocenters. The molecule has 0 aromatic heterocycles. The first-order valence-corrected chi connectivity index (χ1v) is 4.85. The summed E-state index contributed by atoms with van der Waals surface area (Å²) in [5.74, 6) is 0.766. The van der Waals surface area contributed by atoms with E-state index in [0.29, 0.717) is 0 Å². The van der Waals surface area contributed by atoms with Gasteiger partial charge in [-0.1, -0.05) is 36.4 Å².